The fraction of sp³-hybridized carbons (Fsp3) is 0.286. The molecule has 1 aromatic carbocycles. The lowest BCUT2D eigenvalue weighted by atomic mass is 9.97. The maximum absolute atomic E-state index is 4.69. The van der Waals surface area contributed by atoms with E-state index in [1.54, 1.807) is 6.20 Å². The third kappa shape index (κ3) is 3.61. The highest BCUT2D eigenvalue weighted by molar-refractivity contribution is 5.41. The summed E-state index contributed by atoms with van der Waals surface area (Å²) in [6.45, 7) is 2.56. The largest absolute Gasteiger partial charge is 0.339 e. The van der Waals surface area contributed by atoms with Gasteiger partial charge < -0.3 is 9.47 Å². The topological polar surface area (TPSA) is 77.5 Å². The number of hydrogen-bond donors (Lipinski definition) is 0. The molecule has 3 aromatic heterocycles. The van der Waals surface area contributed by atoms with Crippen LogP contribution in [0.3, 0.4) is 0 Å². The quantitative estimate of drug-likeness (QED) is 0.525. The van der Waals surface area contributed by atoms with Crippen molar-refractivity contribution in [3.05, 3.63) is 78.6 Å². The number of hydrogen-bond acceptors (Lipinski definition) is 6. The first-order valence-corrected chi connectivity index (χ1v) is 9.87. The molecule has 1 aliphatic rings. The molecule has 0 unspecified atom stereocenters. The first kappa shape index (κ1) is 17.5. The van der Waals surface area contributed by atoms with Gasteiger partial charge in [-0.05, 0) is 47.0 Å². The molecule has 1 atom stereocenters. The van der Waals surface area contributed by atoms with Crippen molar-refractivity contribution in [2.24, 2.45) is 0 Å². The zero-order chi connectivity index (χ0) is 19.5. The average molecular weight is 386 g/mol. The van der Waals surface area contributed by atoms with Crippen LogP contribution in [-0.2, 0) is 6.54 Å². The second-order valence-corrected chi connectivity index (χ2v) is 7.29. The van der Waals surface area contributed by atoms with Gasteiger partial charge in [0.05, 0.1) is 12.2 Å². The molecule has 0 saturated carbocycles. The van der Waals surface area contributed by atoms with Gasteiger partial charge in [-0.15, -0.1) is 0 Å². The van der Waals surface area contributed by atoms with Gasteiger partial charge in [0.25, 0.3) is 0 Å². The summed E-state index contributed by atoms with van der Waals surface area (Å²) in [5.41, 5.74) is 2.14. The van der Waals surface area contributed by atoms with Crippen LogP contribution in [0, 0.1) is 0 Å². The van der Waals surface area contributed by atoms with Crippen LogP contribution >= 0.6 is 0 Å². The Labute approximate surface area is 168 Å². The number of anilines is 1. The molecule has 29 heavy (non-hydrogen) atoms. The summed E-state index contributed by atoms with van der Waals surface area (Å²) < 4.78 is 4.04. The Kier molecular flexibility index (Phi) is 4.73. The van der Waals surface area contributed by atoms with Crippen molar-refractivity contribution in [3.8, 4) is 5.69 Å². The van der Waals surface area contributed by atoms with Crippen LogP contribution in [0.1, 0.15) is 30.1 Å². The maximum atomic E-state index is 4.69. The van der Waals surface area contributed by atoms with Crippen LogP contribution in [-0.4, -0.2) is 47.8 Å². The van der Waals surface area contributed by atoms with Crippen molar-refractivity contribution in [1.29, 1.82) is 0 Å². The molecule has 0 bridgehead atoms. The predicted octanol–water partition coefficient (Wildman–Crippen LogP) is 2.69. The SMILES string of the molecule is c1ccc(-n2nnnc2N2CCC[C@H](c3nccn3Cc3cccnc3)C2)cc1. The highest BCUT2D eigenvalue weighted by atomic mass is 15.6. The Morgan fingerprint density at radius 1 is 1.03 bits per heavy atom. The number of pyridine rings is 1. The van der Waals surface area contributed by atoms with Crippen molar-refractivity contribution in [2.45, 2.75) is 25.3 Å². The van der Waals surface area contributed by atoms with E-state index in [2.05, 4.69) is 47.2 Å². The Morgan fingerprint density at radius 3 is 2.83 bits per heavy atom. The molecule has 146 valence electrons. The van der Waals surface area contributed by atoms with Gasteiger partial charge in [-0.3, -0.25) is 4.98 Å². The van der Waals surface area contributed by atoms with Gasteiger partial charge in [-0.2, -0.15) is 4.68 Å². The zero-order valence-electron chi connectivity index (χ0n) is 16.0. The van der Waals surface area contributed by atoms with Crippen LogP contribution < -0.4 is 4.90 Å². The molecule has 0 aliphatic carbocycles. The number of para-hydroxylation sites is 1. The Morgan fingerprint density at radius 2 is 1.97 bits per heavy atom. The van der Waals surface area contributed by atoms with Gasteiger partial charge in [-0.25, -0.2) is 4.98 Å². The molecule has 0 spiro atoms. The molecule has 0 N–H and O–H groups in total. The molecule has 4 heterocycles. The van der Waals surface area contributed by atoms with E-state index >= 15 is 0 Å². The maximum Gasteiger partial charge on any atom is 0.250 e. The molecule has 1 aliphatic heterocycles. The molecular weight excluding hydrogens is 364 g/mol. The molecule has 5 rings (SSSR count). The number of rotatable bonds is 5. The summed E-state index contributed by atoms with van der Waals surface area (Å²) in [7, 11) is 0. The van der Waals surface area contributed by atoms with Crippen LogP contribution in [0.2, 0.25) is 0 Å². The van der Waals surface area contributed by atoms with Crippen molar-refractivity contribution in [3.63, 3.8) is 0 Å². The number of nitrogens with zero attached hydrogens (tertiary/aromatic N) is 8. The summed E-state index contributed by atoms with van der Waals surface area (Å²) in [5.74, 6) is 2.22. The van der Waals surface area contributed by atoms with E-state index in [4.69, 9.17) is 0 Å². The monoisotopic (exact) mass is 386 g/mol. The smallest absolute Gasteiger partial charge is 0.250 e. The first-order chi connectivity index (χ1) is 14.4. The first-order valence-electron chi connectivity index (χ1n) is 9.87. The van der Waals surface area contributed by atoms with Gasteiger partial charge in [0, 0.05) is 43.8 Å². The van der Waals surface area contributed by atoms with Crippen molar-refractivity contribution >= 4 is 5.95 Å². The van der Waals surface area contributed by atoms with Crippen molar-refractivity contribution in [2.75, 3.05) is 18.0 Å². The minimum Gasteiger partial charge on any atom is -0.339 e. The van der Waals surface area contributed by atoms with Gasteiger partial charge in [0.2, 0.25) is 5.95 Å². The number of piperidine rings is 1. The number of imidazole rings is 1. The van der Waals surface area contributed by atoms with Crippen molar-refractivity contribution < 1.29 is 0 Å². The lowest BCUT2D eigenvalue weighted by Gasteiger charge is -2.32. The molecule has 8 nitrogen and oxygen atoms in total. The molecule has 4 aromatic rings. The number of aromatic nitrogens is 7. The Hall–Kier alpha value is -3.55. The molecule has 1 fully saturated rings. The van der Waals surface area contributed by atoms with E-state index in [1.165, 1.54) is 5.56 Å². The number of benzene rings is 1. The van der Waals surface area contributed by atoms with Gasteiger partial charge in [-0.1, -0.05) is 29.4 Å². The van der Waals surface area contributed by atoms with Crippen LogP contribution in [0.4, 0.5) is 5.95 Å². The van der Waals surface area contributed by atoms with Gasteiger partial charge >= 0.3 is 0 Å². The van der Waals surface area contributed by atoms with Crippen molar-refractivity contribution in [1.82, 2.24) is 34.7 Å². The third-order valence-electron chi connectivity index (χ3n) is 5.35. The Balaban J connectivity index is 1.38. The minimum absolute atomic E-state index is 0.330. The molecule has 0 amide bonds. The zero-order valence-corrected chi connectivity index (χ0v) is 16.0. The van der Waals surface area contributed by atoms with Gasteiger partial charge in [0.1, 0.15) is 5.82 Å². The molecule has 8 heteroatoms. The van der Waals surface area contributed by atoms with E-state index in [1.807, 2.05) is 53.5 Å². The van der Waals surface area contributed by atoms with Crippen LogP contribution in [0.5, 0.6) is 0 Å². The predicted molar refractivity (Wildman–Crippen MR) is 109 cm³/mol. The fourth-order valence-corrected chi connectivity index (χ4v) is 3.99. The number of tetrazole rings is 1. The van der Waals surface area contributed by atoms with E-state index in [-0.39, 0.29) is 0 Å². The second kappa shape index (κ2) is 7.83. The highest BCUT2D eigenvalue weighted by Gasteiger charge is 2.28. The van der Waals surface area contributed by atoms with E-state index in [9.17, 15) is 0 Å². The molecule has 1 saturated heterocycles. The highest BCUT2D eigenvalue weighted by Crippen LogP contribution is 2.29. The summed E-state index contributed by atoms with van der Waals surface area (Å²) in [6, 6.07) is 14.1. The normalized spacial score (nSPS) is 16.8. The van der Waals surface area contributed by atoms with E-state index in [0.717, 1.165) is 49.9 Å². The molecule has 0 radical (unpaired) electrons. The van der Waals surface area contributed by atoms with Gasteiger partial charge in [0.15, 0.2) is 0 Å². The minimum atomic E-state index is 0.330. The average Bonchev–Trinajstić information content (AvgIpc) is 3.45. The molecular formula is C21H22N8. The summed E-state index contributed by atoms with van der Waals surface area (Å²) >= 11 is 0. The van der Waals surface area contributed by atoms with Crippen LogP contribution in [0.15, 0.2) is 67.3 Å². The fourth-order valence-electron chi connectivity index (χ4n) is 3.99. The lowest BCUT2D eigenvalue weighted by Crippen LogP contribution is -2.37. The third-order valence-corrected chi connectivity index (χ3v) is 5.35. The Bertz CT molecular complexity index is 1060. The standard InChI is InChI=1S/C21H22N8/c1-2-8-19(9-3-1)29-21(24-25-26-29)28-12-5-7-18(16-28)20-23-11-13-27(20)15-17-6-4-10-22-14-17/h1-4,6,8-11,13-14,18H,5,7,12,15-16H2/t18-/m0/s1. The summed E-state index contributed by atoms with van der Waals surface area (Å²) in [6.07, 6.45) is 9.83. The summed E-state index contributed by atoms with van der Waals surface area (Å²) in [5, 5.41) is 12.5. The van der Waals surface area contributed by atoms with Crippen LogP contribution in [0.25, 0.3) is 5.69 Å². The van der Waals surface area contributed by atoms with E-state index < -0.39 is 0 Å². The summed E-state index contributed by atoms with van der Waals surface area (Å²) in [4.78, 5) is 11.2. The lowest BCUT2D eigenvalue weighted by molar-refractivity contribution is 0.469. The van der Waals surface area contributed by atoms with E-state index in [0.29, 0.717) is 5.92 Å². The second-order valence-electron chi connectivity index (χ2n) is 7.29.